The van der Waals surface area contributed by atoms with Gasteiger partial charge in [-0.1, -0.05) is 23.2 Å². The number of anilines is 1. The van der Waals surface area contributed by atoms with Gasteiger partial charge in [0.15, 0.2) is 0 Å². The van der Waals surface area contributed by atoms with Crippen LogP contribution in [0.3, 0.4) is 0 Å². The first-order valence-corrected chi connectivity index (χ1v) is 9.36. The van der Waals surface area contributed by atoms with Crippen LogP contribution in [0.1, 0.15) is 25.9 Å². The number of carboxylic acids is 1. The molecule has 2 aromatic heterocycles. The van der Waals surface area contributed by atoms with Gasteiger partial charge in [-0.25, -0.2) is 4.79 Å². The number of aromatic carboxylic acids is 1. The standard InChI is InChI=1S/C16H15Cl2N3O3S.Li.H/c1-6-11(17)12(18)14(19-6)15(22)20-13-7-4-21(5-8(7)13)10-3-2-9(25-10)16(23)24;;/h2-3,7-8,13,19H,4-5H2,1H3,(H,20,22)(H,23,24);;/t7-,8+,13+;;. The van der Waals surface area contributed by atoms with Gasteiger partial charge < -0.3 is 20.3 Å². The van der Waals surface area contributed by atoms with Crippen LogP contribution in [0.25, 0.3) is 0 Å². The normalized spacial score (nSPS) is 23.3. The number of carbonyl (C=O) groups is 2. The quantitative estimate of drug-likeness (QED) is 0.680. The Morgan fingerprint density at radius 1 is 1.27 bits per heavy atom. The summed E-state index contributed by atoms with van der Waals surface area (Å²) < 4.78 is 0. The Hall–Kier alpha value is -1.10. The van der Waals surface area contributed by atoms with E-state index in [-0.39, 0.29) is 35.8 Å². The van der Waals surface area contributed by atoms with Gasteiger partial charge in [-0.05, 0) is 19.1 Å². The molecule has 0 bridgehead atoms. The van der Waals surface area contributed by atoms with E-state index in [1.54, 1.807) is 13.0 Å². The Labute approximate surface area is 176 Å². The minimum atomic E-state index is -0.900. The second-order valence-corrected chi connectivity index (χ2v) is 8.25. The SMILES string of the molecule is Cc1[nH]c(C(=O)N[C@H]2[C@@H]3CN(c4ccc(C(=O)O)s4)C[C@@H]32)c(Cl)c1Cl.[LiH]. The van der Waals surface area contributed by atoms with E-state index in [0.717, 1.165) is 18.1 Å². The third kappa shape index (κ3) is 3.28. The second kappa shape index (κ2) is 7.14. The maximum absolute atomic E-state index is 12.4. The molecule has 0 unspecified atom stereocenters. The van der Waals surface area contributed by atoms with E-state index in [1.807, 2.05) is 6.07 Å². The molecule has 1 aliphatic heterocycles. The maximum atomic E-state index is 12.4. The van der Waals surface area contributed by atoms with Gasteiger partial charge in [0.25, 0.3) is 5.91 Å². The zero-order chi connectivity index (χ0) is 17.9. The average molecular weight is 408 g/mol. The Morgan fingerprint density at radius 3 is 2.42 bits per heavy atom. The Kier molecular flexibility index (Phi) is 5.40. The number of aromatic amines is 1. The number of halogens is 2. The third-order valence-corrected chi connectivity index (χ3v) is 6.97. The molecule has 26 heavy (non-hydrogen) atoms. The number of aromatic nitrogens is 1. The molecule has 134 valence electrons. The van der Waals surface area contributed by atoms with E-state index >= 15 is 0 Å². The molecule has 4 rings (SSSR count). The number of fused-ring (bicyclic) bond motifs is 1. The Bertz CT molecular complexity index is 872. The molecule has 0 aromatic carbocycles. The predicted octanol–water partition coefficient (Wildman–Crippen LogP) is 2.61. The Morgan fingerprint density at radius 2 is 1.92 bits per heavy atom. The van der Waals surface area contributed by atoms with Crippen molar-refractivity contribution < 1.29 is 14.7 Å². The van der Waals surface area contributed by atoms with Gasteiger partial charge in [0.1, 0.15) is 10.6 Å². The zero-order valence-corrected chi connectivity index (χ0v) is 15.5. The van der Waals surface area contributed by atoms with Gasteiger partial charge in [-0.3, -0.25) is 4.79 Å². The van der Waals surface area contributed by atoms with Crippen molar-refractivity contribution in [2.75, 3.05) is 18.0 Å². The molecule has 2 aliphatic rings. The van der Waals surface area contributed by atoms with Crippen LogP contribution in [0.5, 0.6) is 0 Å². The van der Waals surface area contributed by atoms with Crippen LogP contribution in [0.15, 0.2) is 12.1 Å². The number of nitrogens with zero attached hydrogens (tertiary/aromatic N) is 1. The molecule has 3 atom stereocenters. The average Bonchev–Trinajstić information content (AvgIpc) is 3.02. The number of piperidine rings is 1. The fourth-order valence-corrected chi connectivity index (χ4v) is 4.76. The van der Waals surface area contributed by atoms with Gasteiger partial charge in [-0.2, -0.15) is 0 Å². The van der Waals surface area contributed by atoms with Gasteiger partial charge in [0.05, 0.1) is 15.0 Å². The Balaban J connectivity index is 0.00000196. The minimum absolute atomic E-state index is 0. The van der Waals surface area contributed by atoms with Crippen LogP contribution in [0.4, 0.5) is 5.00 Å². The van der Waals surface area contributed by atoms with Crippen molar-refractivity contribution in [1.29, 1.82) is 0 Å². The van der Waals surface area contributed by atoms with Gasteiger partial charge >= 0.3 is 24.8 Å². The summed E-state index contributed by atoms with van der Waals surface area (Å²) in [5.41, 5.74) is 0.973. The number of carbonyl (C=O) groups excluding carboxylic acids is 1. The van der Waals surface area contributed by atoms with Crippen LogP contribution >= 0.6 is 34.5 Å². The molecular weight excluding hydrogens is 392 g/mol. The molecule has 1 aliphatic carbocycles. The molecular formula is C16H16Cl2LiN3O3S. The van der Waals surface area contributed by atoms with E-state index < -0.39 is 5.97 Å². The number of thiophene rings is 1. The molecule has 0 radical (unpaired) electrons. The summed E-state index contributed by atoms with van der Waals surface area (Å²) in [4.78, 5) is 28.8. The molecule has 3 heterocycles. The molecule has 6 nitrogen and oxygen atoms in total. The summed E-state index contributed by atoms with van der Waals surface area (Å²) in [7, 11) is 0. The van der Waals surface area contributed by atoms with Crippen molar-refractivity contribution in [3.05, 3.63) is 38.4 Å². The van der Waals surface area contributed by atoms with E-state index in [0.29, 0.717) is 33.1 Å². The van der Waals surface area contributed by atoms with E-state index in [9.17, 15) is 9.59 Å². The van der Waals surface area contributed by atoms with Crippen LogP contribution in [0.2, 0.25) is 10.0 Å². The van der Waals surface area contributed by atoms with Gasteiger partial charge in [0, 0.05) is 36.7 Å². The van der Waals surface area contributed by atoms with Gasteiger partial charge in [-0.15, -0.1) is 11.3 Å². The topological polar surface area (TPSA) is 85.4 Å². The fourth-order valence-electron chi connectivity index (χ4n) is 3.48. The molecule has 10 heteroatoms. The fraction of sp³-hybridized carbons (Fsp3) is 0.375. The number of hydrogen-bond acceptors (Lipinski definition) is 4. The first-order chi connectivity index (χ1) is 11.9. The zero-order valence-electron chi connectivity index (χ0n) is 13.2. The first-order valence-electron chi connectivity index (χ1n) is 7.79. The van der Waals surface area contributed by atoms with Crippen LogP contribution in [-0.2, 0) is 0 Å². The number of aryl methyl sites for hydroxylation is 1. The van der Waals surface area contributed by atoms with Crippen molar-refractivity contribution in [2.24, 2.45) is 11.8 Å². The number of amides is 1. The number of nitrogens with one attached hydrogen (secondary N) is 2. The predicted molar refractivity (Wildman–Crippen MR) is 104 cm³/mol. The number of carboxylic acid groups (broad SMARTS) is 1. The van der Waals surface area contributed by atoms with Crippen molar-refractivity contribution in [2.45, 2.75) is 13.0 Å². The third-order valence-electron chi connectivity index (χ3n) is 4.89. The van der Waals surface area contributed by atoms with Crippen molar-refractivity contribution in [1.82, 2.24) is 10.3 Å². The molecule has 0 spiro atoms. The number of rotatable bonds is 4. The molecule has 1 saturated carbocycles. The summed E-state index contributed by atoms with van der Waals surface area (Å²) in [6.45, 7) is 3.39. The van der Waals surface area contributed by atoms with Gasteiger partial charge in [0.2, 0.25) is 0 Å². The monoisotopic (exact) mass is 407 g/mol. The molecule has 2 fully saturated rings. The molecule has 2 aromatic rings. The van der Waals surface area contributed by atoms with Crippen LogP contribution in [-0.4, -0.2) is 60.0 Å². The van der Waals surface area contributed by atoms with E-state index in [1.165, 1.54) is 11.3 Å². The second-order valence-electron chi connectivity index (χ2n) is 6.43. The summed E-state index contributed by atoms with van der Waals surface area (Å²) >= 11 is 13.4. The van der Waals surface area contributed by atoms with Crippen LogP contribution in [0, 0.1) is 18.8 Å². The summed E-state index contributed by atoms with van der Waals surface area (Å²) in [5.74, 6) is -0.382. The first kappa shape index (κ1) is 19.7. The number of H-pyrrole nitrogens is 1. The van der Waals surface area contributed by atoms with Crippen molar-refractivity contribution in [3.63, 3.8) is 0 Å². The summed E-state index contributed by atoms with van der Waals surface area (Å²) in [5, 5.41) is 13.6. The molecule has 1 saturated heterocycles. The summed E-state index contributed by atoms with van der Waals surface area (Å²) in [6, 6.07) is 3.60. The van der Waals surface area contributed by atoms with E-state index in [2.05, 4.69) is 15.2 Å². The van der Waals surface area contributed by atoms with Crippen LogP contribution < -0.4 is 10.2 Å². The summed E-state index contributed by atoms with van der Waals surface area (Å²) in [6.07, 6.45) is 0. The molecule has 1 amide bonds. The van der Waals surface area contributed by atoms with Crippen molar-refractivity contribution >= 4 is 70.3 Å². The molecule has 3 N–H and O–H groups in total. The number of hydrogen-bond donors (Lipinski definition) is 3. The van der Waals surface area contributed by atoms with Crippen molar-refractivity contribution in [3.8, 4) is 0 Å². The van der Waals surface area contributed by atoms with E-state index in [4.69, 9.17) is 28.3 Å².